The van der Waals surface area contributed by atoms with Crippen LogP contribution in [0.4, 0.5) is 0 Å². The number of carbonyl (C=O) groups excluding carboxylic acids is 1. The van der Waals surface area contributed by atoms with Gasteiger partial charge in [-0.1, -0.05) is 19.8 Å². The Morgan fingerprint density at radius 2 is 2.33 bits per heavy atom. The lowest BCUT2D eigenvalue weighted by Gasteiger charge is -2.29. The van der Waals surface area contributed by atoms with Crippen molar-refractivity contribution < 1.29 is 4.79 Å². The summed E-state index contributed by atoms with van der Waals surface area (Å²) in [4.78, 5) is 16.2. The molecule has 1 aliphatic rings. The van der Waals surface area contributed by atoms with Crippen molar-refractivity contribution >= 4 is 5.91 Å². The zero-order valence-electron chi connectivity index (χ0n) is 10.9. The summed E-state index contributed by atoms with van der Waals surface area (Å²) in [5.41, 5.74) is 5.95. The van der Waals surface area contributed by atoms with E-state index in [0.717, 1.165) is 6.42 Å². The maximum atomic E-state index is 12.1. The third-order valence-corrected chi connectivity index (χ3v) is 3.68. The maximum absolute atomic E-state index is 12.1. The van der Waals surface area contributed by atoms with E-state index >= 15 is 0 Å². The second kappa shape index (κ2) is 6.00. The molecule has 0 saturated heterocycles. The lowest BCUT2D eigenvalue weighted by Crippen LogP contribution is -2.41. The SMILES string of the molecule is CC1CCCCC1NC(=O)c1cn(CCN)cn1. The second-order valence-corrected chi connectivity index (χ2v) is 5.13. The van der Waals surface area contributed by atoms with Crippen molar-refractivity contribution in [2.75, 3.05) is 6.54 Å². The molecule has 2 unspecified atom stereocenters. The molecule has 5 heteroatoms. The molecule has 0 aromatic carbocycles. The predicted molar refractivity (Wildman–Crippen MR) is 70.2 cm³/mol. The van der Waals surface area contributed by atoms with Gasteiger partial charge < -0.3 is 15.6 Å². The fraction of sp³-hybridized carbons (Fsp3) is 0.692. The summed E-state index contributed by atoms with van der Waals surface area (Å²) in [5.74, 6) is 0.498. The number of nitrogens with two attached hydrogens (primary N) is 1. The number of hydrogen-bond acceptors (Lipinski definition) is 3. The van der Waals surface area contributed by atoms with Crippen LogP contribution in [0.15, 0.2) is 12.5 Å². The molecule has 1 aromatic heterocycles. The number of imidazole rings is 1. The Kier molecular flexibility index (Phi) is 4.36. The van der Waals surface area contributed by atoms with E-state index < -0.39 is 0 Å². The first-order valence-corrected chi connectivity index (χ1v) is 6.73. The molecule has 1 amide bonds. The van der Waals surface area contributed by atoms with Crippen molar-refractivity contribution in [2.24, 2.45) is 11.7 Å². The van der Waals surface area contributed by atoms with Crippen LogP contribution >= 0.6 is 0 Å². The van der Waals surface area contributed by atoms with Crippen LogP contribution in [0.5, 0.6) is 0 Å². The van der Waals surface area contributed by atoms with E-state index in [2.05, 4.69) is 17.2 Å². The van der Waals surface area contributed by atoms with Crippen LogP contribution in [0.1, 0.15) is 43.1 Å². The van der Waals surface area contributed by atoms with Crippen LogP contribution in [0, 0.1) is 5.92 Å². The van der Waals surface area contributed by atoms with E-state index in [1.807, 2.05) is 4.57 Å². The largest absolute Gasteiger partial charge is 0.348 e. The molecule has 1 aliphatic carbocycles. The first-order chi connectivity index (χ1) is 8.70. The predicted octanol–water partition coefficient (Wildman–Crippen LogP) is 1.15. The van der Waals surface area contributed by atoms with Gasteiger partial charge in [0.25, 0.3) is 5.91 Å². The van der Waals surface area contributed by atoms with E-state index in [1.165, 1.54) is 19.3 Å². The Labute approximate surface area is 108 Å². The topological polar surface area (TPSA) is 72.9 Å². The van der Waals surface area contributed by atoms with Gasteiger partial charge in [0.05, 0.1) is 6.33 Å². The van der Waals surface area contributed by atoms with Crippen molar-refractivity contribution in [1.82, 2.24) is 14.9 Å². The van der Waals surface area contributed by atoms with Crippen LogP contribution in [-0.4, -0.2) is 28.0 Å². The Morgan fingerprint density at radius 3 is 3.06 bits per heavy atom. The third kappa shape index (κ3) is 3.10. The molecule has 2 atom stereocenters. The highest BCUT2D eigenvalue weighted by molar-refractivity contribution is 5.92. The maximum Gasteiger partial charge on any atom is 0.271 e. The van der Waals surface area contributed by atoms with Crippen LogP contribution in [0.3, 0.4) is 0 Å². The summed E-state index contributed by atoms with van der Waals surface area (Å²) < 4.78 is 1.85. The molecule has 5 nitrogen and oxygen atoms in total. The van der Waals surface area contributed by atoms with Gasteiger partial charge >= 0.3 is 0 Å². The average molecular weight is 250 g/mol. The normalized spacial score (nSPS) is 23.9. The number of hydrogen-bond donors (Lipinski definition) is 2. The van der Waals surface area contributed by atoms with E-state index in [4.69, 9.17) is 5.73 Å². The van der Waals surface area contributed by atoms with Crippen molar-refractivity contribution in [3.8, 4) is 0 Å². The van der Waals surface area contributed by atoms with Crippen LogP contribution in [0.25, 0.3) is 0 Å². The first-order valence-electron chi connectivity index (χ1n) is 6.73. The molecular weight excluding hydrogens is 228 g/mol. The lowest BCUT2D eigenvalue weighted by molar-refractivity contribution is 0.0905. The van der Waals surface area contributed by atoms with Gasteiger partial charge in [0.1, 0.15) is 5.69 Å². The minimum Gasteiger partial charge on any atom is -0.348 e. The number of nitrogens with one attached hydrogen (secondary N) is 1. The molecule has 18 heavy (non-hydrogen) atoms. The molecule has 1 aromatic rings. The van der Waals surface area contributed by atoms with Crippen LogP contribution in [-0.2, 0) is 6.54 Å². The molecule has 0 radical (unpaired) electrons. The quantitative estimate of drug-likeness (QED) is 0.842. The Bertz CT molecular complexity index is 401. The number of carbonyl (C=O) groups is 1. The van der Waals surface area contributed by atoms with Crippen molar-refractivity contribution in [1.29, 1.82) is 0 Å². The molecule has 0 bridgehead atoms. The Morgan fingerprint density at radius 1 is 1.56 bits per heavy atom. The summed E-state index contributed by atoms with van der Waals surface area (Å²) >= 11 is 0. The molecule has 0 spiro atoms. The summed E-state index contributed by atoms with van der Waals surface area (Å²) in [5, 5.41) is 3.09. The van der Waals surface area contributed by atoms with Crippen molar-refractivity contribution in [3.05, 3.63) is 18.2 Å². The number of amides is 1. The monoisotopic (exact) mass is 250 g/mol. The molecule has 1 saturated carbocycles. The van der Waals surface area contributed by atoms with Gasteiger partial charge in [0.2, 0.25) is 0 Å². The molecule has 1 heterocycles. The van der Waals surface area contributed by atoms with Gasteiger partial charge in [-0.05, 0) is 18.8 Å². The highest BCUT2D eigenvalue weighted by Crippen LogP contribution is 2.23. The summed E-state index contributed by atoms with van der Waals surface area (Å²) in [7, 11) is 0. The van der Waals surface area contributed by atoms with E-state index in [0.29, 0.717) is 30.7 Å². The molecule has 3 N–H and O–H groups in total. The third-order valence-electron chi connectivity index (χ3n) is 3.68. The van der Waals surface area contributed by atoms with E-state index in [1.54, 1.807) is 12.5 Å². The molecule has 0 aliphatic heterocycles. The number of nitrogens with zero attached hydrogens (tertiary/aromatic N) is 2. The van der Waals surface area contributed by atoms with Gasteiger partial charge in [0, 0.05) is 25.3 Å². The molecular formula is C13H22N4O. The van der Waals surface area contributed by atoms with Gasteiger partial charge in [-0.3, -0.25) is 4.79 Å². The smallest absolute Gasteiger partial charge is 0.271 e. The highest BCUT2D eigenvalue weighted by atomic mass is 16.2. The molecule has 100 valence electrons. The van der Waals surface area contributed by atoms with Gasteiger partial charge in [-0.25, -0.2) is 4.98 Å². The minimum atomic E-state index is -0.0653. The van der Waals surface area contributed by atoms with E-state index in [-0.39, 0.29) is 5.91 Å². The van der Waals surface area contributed by atoms with Crippen LogP contribution < -0.4 is 11.1 Å². The van der Waals surface area contributed by atoms with Gasteiger partial charge in [-0.15, -0.1) is 0 Å². The van der Waals surface area contributed by atoms with Crippen LogP contribution in [0.2, 0.25) is 0 Å². The van der Waals surface area contributed by atoms with Crippen molar-refractivity contribution in [3.63, 3.8) is 0 Å². The van der Waals surface area contributed by atoms with Gasteiger partial charge in [-0.2, -0.15) is 0 Å². The fourth-order valence-corrected chi connectivity index (χ4v) is 2.52. The summed E-state index contributed by atoms with van der Waals surface area (Å²) in [6.07, 6.45) is 8.18. The number of rotatable bonds is 4. The highest BCUT2D eigenvalue weighted by Gasteiger charge is 2.23. The average Bonchev–Trinajstić information content (AvgIpc) is 2.81. The molecule has 1 fully saturated rings. The first kappa shape index (κ1) is 13.1. The minimum absolute atomic E-state index is 0.0653. The second-order valence-electron chi connectivity index (χ2n) is 5.13. The fourth-order valence-electron chi connectivity index (χ4n) is 2.52. The zero-order chi connectivity index (χ0) is 13.0. The zero-order valence-corrected chi connectivity index (χ0v) is 10.9. The lowest BCUT2D eigenvalue weighted by atomic mass is 9.86. The summed E-state index contributed by atoms with van der Waals surface area (Å²) in [6.45, 7) is 3.45. The van der Waals surface area contributed by atoms with E-state index in [9.17, 15) is 4.79 Å². The molecule has 2 rings (SSSR count). The van der Waals surface area contributed by atoms with Gasteiger partial charge in [0.15, 0.2) is 0 Å². The Hall–Kier alpha value is -1.36. The number of aromatic nitrogens is 2. The summed E-state index contributed by atoms with van der Waals surface area (Å²) in [6, 6.07) is 0.297. The standard InChI is InChI=1S/C13H22N4O/c1-10-4-2-3-5-11(10)16-13(18)12-8-17(7-6-14)9-15-12/h8-11H,2-7,14H2,1H3,(H,16,18). The Balaban J connectivity index is 1.93. The van der Waals surface area contributed by atoms with Crippen molar-refractivity contribution in [2.45, 2.75) is 45.2 Å².